The fourth-order valence-corrected chi connectivity index (χ4v) is 2.80. The molecular weight excluding hydrogens is 228 g/mol. The lowest BCUT2D eigenvalue weighted by Gasteiger charge is -2.27. The number of nitro groups is 1. The van der Waals surface area contributed by atoms with Crippen LogP contribution in [-0.2, 0) is 0 Å². The molecule has 1 atom stereocenters. The molecule has 0 unspecified atom stereocenters. The van der Waals surface area contributed by atoms with Gasteiger partial charge >= 0.3 is 0 Å². The van der Waals surface area contributed by atoms with E-state index in [9.17, 15) is 10.1 Å². The van der Waals surface area contributed by atoms with Gasteiger partial charge in [0.15, 0.2) is 0 Å². The van der Waals surface area contributed by atoms with Crippen LogP contribution in [0.1, 0.15) is 49.3 Å². The Bertz CT molecular complexity index is 439. The van der Waals surface area contributed by atoms with Gasteiger partial charge < -0.3 is 5.73 Å². The molecule has 0 amide bonds. The molecular formula is C14H20N2O2. The molecule has 0 aromatic heterocycles. The summed E-state index contributed by atoms with van der Waals surface area (Å²) in [5.74, 6) is 0.473. The SMILES string of the molecule is Cc1ccc([C@H](N)C2CCCCC2)cc1[N+](=O)[O-]. The molecule has 4 nitrogen and oxygen atoms in total. The lowest BCUT2D eigenvalue weighted by Crippen LogP contribution is -2.23. The van der Waals surface area contributed by atoms with Crippen molar-refractivity contribution in [1.29, 1.82) is 0 Å². The van der Waals surface area contributed by atoms with Crippen molar-refractivity contribution in [2.45, 2.75) is 45.1 Å². The second-order valence-corrected chi connectivity index (χ2v) is 5.23. The van der Waals surface area contributed by atoms with Gasteiger partial charge in [0.1, 0.15) is 0 Å². The standard InChI is InChI=1S/C14H20N2O2/c1-10-7-8-12(9-13(10)16(17)18)14(15)11-5-3-2-4-6-11/h7-9,11,14H,2-6,15H2,1H3/t14-/m1/s1. The Morgan fingerprint density at radius 1 is 1.33 bits per heavy atom. The average molecular weight is 248 g/mol. The second-order valence-electron chi connectivity index (χ2n) is 5.23. The van der Waals surface area contributed by atoms with Gasteiger partial charge in [-0.1, -0.05) is 31.4 Å². The topological polar surface area (TPSA) is 69.2 Å². The summed E-state index contributed by atoms with van der Waals surface area (Å²) in [5.41, 5.74) is 8.04. The van der Waals surface area contributed by atoms with E-state index in [0.717, 1.165) is 18.4 Å². The van der Waals surface area contributed by atoms with Crippen LogP contribution in [0.3, 0.4) is 0 Å². The summed E-state index contributed by atoms with van der Waals surface area (Å²) in [5, 5.41) is 10.9. The van der Waals surface area contributed by atoms with Crippen LogP contribution >= 0.6 is 0 Å². The smallest absolute Gasteiger partial charge is 0.272 e. The minimum absolute atomic E-state index is 0.0652. The molecule has 2 N–H and O–H groups in total. The number of nitrogens with two attached hydrogens (primary N) is 1. The largest absolute Gasteiger partial charge is 0.324 e. The molecule has 0 heterocycles. The van der Waals surface area contributed by atoms with Gasteiger partial charge in [-0.25, -0.2) is 0 Å². The Hall–Kier alpha value is -1.42. The lowest BCUT2D eigenvalue weighted by atomic mass is 9.81. The van der Waals surface area contributed by atoms with Gasteiger partial charge in [-0.15, -0.1) is 0 Å². The normalized spacial score (nSPS) is 18.6. The first kappa shape index (κ1) is 13.0. The maximum absolute atomic E-state index is 10.9. The van der Waals surface area contributed by atoms with Crippen molar-refractivity contribution in [2.75, 3.05) is 0 Å². The van der Waals surface area contributed by atoms with Crippen molar-refractivity contribution in [1.82, 2.24) is 0 Å². The number of hydrogen-bond donors (Lipinski definition) is 1. The summed E-state index contributed by atoms with van der Waals surface area (Å²) in [7, 11) is 0. The minimum Gasteiger partial charge on any atom is -0.324 e. The molecule has 0 bridgehead atoms. The summed E-state index contributed by atoms with van der Waals surface area (Å²) in [4.78, 5) is 10.6. The van der Waals surface area contributed by atoms with Gasteiger partial charge in [0.05, 0.1) is 4.92 Å². The molecule has 18 heavy (non-hydrogen) atoms. The van der Waals surface area contributed by atoms with E-state index in [1.54, 1.807) is 19.1 Å². The van der Waals surface area contributed by atoms with Crippen LogP contribution in [0, 0.1) is 23.0 Å². The fourth-order valence-electron chi connectivity index (χ4n) is 2.80. The highest BCUT2D eigenvalue weighted by molar-refractivity contribution is 5.43. The zero-order chi connectivity index (χ0) is 13.1. The Balaban J connectivity index is 2.21. The molecule has 0 saturated heterocycles. The first-order valence-electron chi connectivity index (χ1n) is 6.60. The third kappa shape index (κ3) is 2.70. The Morgan fingerprint density at radius 2 is 2.00 bits per heavy atom. The molecule has 0 aliphatic heterocycles. The fraction of sp³-hybridized carbons (Fsp3) is 0.571. The molecule has 1 aromatic rings. The minimum atomic E-state index is -0.327. The van der Waals surface area contributed by atoms with Gasteiger partial charge in [-0.3, -0.25) is 10.1 Å². The third-order valence-electron chi connectivity index (χ3n) is 3.97. The zero-order valence-electron chi connectivity index (χ0n) is 10.8. The molecule has 0 spiro atoms. The van der Waals surface area contributed by atoms with Gasteiger partial charge in [0, 0.05) is 17.7 Å². The number of rotatable bonds is 3. The predicted molar refractivity (Wildman–Crippen MR) is 71.3 cm³/mol. The molecule has 1 fully saturated rings. The number of nitrogens with zero attached hydrogens (tertiary/aromatic N) is 1. The average Bonchev–Trinajstić information content (AvgIpc) is 2.39. The summed E-state index contributed by atoms with van der Waals surface area (Å²) in [6.07, 6.45) is 6.03. The Kier molecular flexibility index (Phi) is 3.97. The van der Waals surface area contributed by atoms with E-state index >= 15 is 0 Å². The van der Waals surface area contributed by atoms with Crippen LogP contribution in [0.4, 0.5) is 5.69 Å². The maximum atomic E-state index is 10.9. The third-order valence-corrected chi connectivity index (χ3v) is 3.97. The van der Waals surface area contributed by atoms with E-state index in [-0.39, 0.29) is 16.7 Å². The van der Waals surface area contributed by atoms with Crippen LogP contribution in [0.15, 0.2) is 18.2 Å². The lowest BCUT2D eigenvalue weighted by molar-refractivity contribution is -0.385. The molecule has 2 rings (SSSR count). The van der Waals surface area contributed by atoms with Crippen molar-refractivity contribution >= 4 is 5.69 Å². The van der Waals surface area contributed by atoms with Crippen molar-refractivity contribution in [3.05, 3.63) is 39.4 Å². The first-order chi connectivity index (χ1) is 8.59. The van der Waals surface area contributed by atoms with Gasteiger partial charge in [-0.2, -0.15) is 0 Å². The highest BCUT2D eigenvalue weighted by Gasteiger charge is 2.23. The molecule has 1 aliphatic rings. The summed E-state index contributed by atoms with van der Waals surface area (Å²) in [6, 6.07) is 5.32. The molecule has 98 valence electrons. The number of benzene rings is 1. The number of hydrogen-bond acceptors (Lipinski definition) is 3. The van der Waals surface area contributed by atoms with Crippen molar-refractivity contribution in [3.8, 4) is 0 Å². The summed E-state index contributed by atoms with van der Waals surface area (Å²) >= 11 is 0. The van der Waals surface area contributed by atoms with E-state index in [4.69, 9.17) is 5.73 Å². The monoisotopic (exact) mass is 248 g/mol. The van der Waals surface area contributed by atoms with Crippen molar-refractivity contribution in [2.24, 2.45) is 11.7 Å². The van der Waals surface area contributed by atoms with Crippen molar-refractivity contribution in [3.63, 3.8) is 0 Å². The van der Waals surface area contributed by atoms with Crippen molar-refractivity contribution < 1.29 is 4.92 Å². The van der Waals surface area contributed by atoms with E-state index in [2.05, 4.69) is 0 Å². The quantitative estimate of drug-likeness (QED) is 0.657. The Labute approximate surface area is 107 Å². The first-order valence-corrected chi connectivity index (χ1v) is 6.60. The van der Waals surface area contributed by atoms with Gasteiger partial charge in [0.2, 0.25) is 0 Å². The van der Waals surface area contributed by atoms with Crippen LogP contribution in [0.5, 0.6) is 0 Å². The van der Waals surface area contributed by atoms with E-state index in [0.29, 0.717) is 11.5 Å². The molecule has 0 radical (unpaired) electrons. The van der Waals surface area contributed by atoms with Gasteiger partial charge in [-0.05, 0) is 31.2 Å². The maximum Gasteiger partial charge on any atom is 0.272 e. The molecule has 1 aromatic carbocycles. The highest BCUT2D eigenvalue weighted by atomic mass is 16.6. The zero-order valence-corrected chi connectivity index (χ0v) is 10.8. The van der Waals surface area contributed by atoms with E-state index < -0.39 is 0 Å². The molecule has 1 saturated carbocycles. The predicted octanol–water partition coefficient (Wildman–Crippen LogP) is 3.48. The second kappa shape index (κ2) is 5.48. The summed E-state index contributed by atoms with van der Waals surface area (Å²) in [6.45, 7) is 1.76. The molecule has 4 heteroatoms. The molecule has 1 aliphatic carbocycles. The van der Waals surface area contributed by atoms with Crippen LogP contribution < -0.4 is 5.73 Å². The summed E-state index contributed by atoms with van der Waals surface area (Å²) < 4.78 is 0. The number of aryl methyl sites for hydroxylation is 1. The highest BCUT2D eigenvalue weighted by Crippen LogP contribution is 2.34. The van der Waals surface area contributed by atoms with Crippen LogP contribution in [0.2, 0.25) is 0 Å². The van der Waals surface area contributed by atoms with Gasteiger partial charge in [0.25, 0.3) is 5.69 Å². The van der Waals surface area contributed by atoms with Crippen LogP contribution in [0.25, 0.3) is 0 Å². The Morgan fingerprint density at radius 3 is 2.61 bits per heavy atom. The number of nitro benzene ring substituents is 1. The van der Waals surface area contributed by atoms with E-state index in [1.165, 1.54) is 19.3 Å². The van der Waals surface area contributed by atoms with E-state index in [1.807, 2.05) is 6.07 Å². The van der Waals surface area contributed by atoms with Crippen LogP contribution in [-0.4, -0.2) is 4.92 Å².